The molecule has 0 saturated carbocycles. The van der Waals surface area contributed by atoms with Gasteiger partial charge in [0.1, 0.15) is 6.04 Å². The van der Waals surface area contributed by atoms with E-state index < -0.39 is 16.1 Å². The van der Waals surface area contributed by atoms with E-state index in [1.807, 2.05) is 31.2 Å². The van der Waals surface area contributed by atoms with E-state index in [0.29, 0.717) is 37.3 Å². The molecule has 158 valence electrons. The van der Waals surface area contributed by atoms with E-state index in [1.165, 1.54) is 33.5 Å². The van der Waals surface area contributed by atoms with Gasteiger partial charge in [0.05, 0.1) is 4.90 Å². The molecule has 2 aliphatic rings. The van der Waals surface area contributed by atoms with E-state index in [-0.39, 0.29) is 16.7 Å². The van der Waals surface area contributed by atoms with Crippen molar-refractivity contribution in [2.75, 3.05) is 24.5 Å². The number of carbonyl (C=O) groups excluding carboxylic acids is 2. The minimum Gasteiger partial charge on any atom is -0.355 e. The second-order valence-electron chi connectivity index (χ2n) is 7.55. The van der Waals surface area contributed by atoms with Crippen LogP contribution in [-0.2, 0) is 21.2 Å². The number of nitrogens with one attached hydrogen (secondary N) is 1. The lowest BCUT2D eigenvalue weighted by molar-refractivity contribution is -0.122. The first-order valence-electron chi connectivity index (χ1n) is 10.2. The lowest BCUT2D eigenvalue weighted by atomic mass is 10.1. The molecule has 1 atom stereocenters. The Kier molecular flexibility index (Phi) is 5.62. The molecule has 30 heavy (non-hydrogen) atoms. The van der Waals surface area contributed by atoms with Crippen LogP contribution in [0.1, 0.15) is 35.7 Å². The van der Waals surface area contributed by atoms with Crippen molar-refractivity contribution < 1.29 is 18.0 Å². The number of hydrogen-bond donors (Lipinski definition) is 1. The second kappa shape index (κ2) is 8.20. The molecule has 4 rings (SSSR count). The first-order chi connectivity index (χ1) is 14.4. The topological polar surface area (TPSA) is 86.8 Å². The standard InChI is InChI=1S/C22H25N3O4S/c1-2-23-21(26)20-15-17-7-3-4-8-19(17)25(20)22(27)16-9-11-18(12-10-16)30(28,29)24-13-5-6-14-24/h3-4,7-12,20H,2,5-6,13-15H2,1H3,(H,23,26). The number of rotatable bonds is 5. The monoisotopic (exact) mass is 427 g/mol. The maximum Gasteiger partial charge on any atom is 0.259 e. The molecule has 0 aromatic heterocycles. The summed E-state index contributed by atoms with van der Waals surface area (Å²) in [7, 11) is -3.54. The molecule has 0 bridgehead atoms. The highest BCUT2D eigenvalue weighted by Crippen LogP contribution is 2.33. The first-order valence-corrected chi connectivity index (χ1v) is 11.7. The Labute approximate surface area is 176 Å². The maximum absolute atomic E-state index is 13.3. The number of anilines is 1. The summed E-state index contributed by atoms with van der Waals surface area (Å²) in [4.78, 5) is 27.6. The quantitative estimate of drug-likeness (QED) is 0.792. The zero-order valence-corrected chi connectivity index (χ0v) is 17.7. The predicted octanol–water partition coefficient (Wildman–Crippen LogP) is 2.18. The molecule has 2 heterocycles. The van der Waals surface area contributed by atoms with Gasteiger partial charge in [0.2, 0.25) is 15.9 Å². The van der Waals surface area contributed by atoms with E-state index in [0.717, 1.165) is 18.4 Å². The van der Waals surface area contributed by atoms with Gasteiger partial charge in [-0.15, -0.1) is 0 Å². The number of sulfonamides is 1. The second-order valence-corrected chi connectivity index (χ2v) is 9.49. The van der Waals surface area contributed by atoms with Crippen molar-refractivity contribution in [3.63, 3.8) is 0 Å². The Morgan fingerprint density at radius 2 is 1.70 bits per heavy atom. The molecule has 2 amide bonds. The highest BCUT2D eigenvalue weighted by atomic mass is 32.2. The number of fused-ring (bicyclic) bond motifs is 1. The molecule has 2 aromatic rings. The third kappa shape index (κ3) is 3.61. The highest BCUT2D eigenvalue weighted by molar-refractivity contribution is 7.89. The van der Waals surface area contributed by atoms with Gasteiger partial charge in [-0.1, -0.05) is 18.2 Å². The van der Waals surface area contributed by atoms with Gasteiger partial charge in [0.25, 0.3) is 5.91 Å². The molecule has 0 radical (unpaired) electrons. The van der Waals surface area contributed by atoms with Crippen LogP contribution in [0, 0.1) is 0 Å². The van der Waals surface area contributed by atoms with E-state index >= 15 is 0 Å². The van der Waals surface area contributed by atoms with Crippen LogP contribution in [0.25, 0.3) is 0 Å². The molecule has 1 N–H and O–H groups in total. The van der Waals surface area contributed by atoms with Crippen molar-refractivity contribution in [1.29, 1.82) is 0 Å². The van der Waals surface area contributed by atoms with Gasteiger partial charge in [-0.3, -0.25) is 14.5 Å². The molecule has 7 nitrogen and oxygen atoms in total. The summed E-state index contributed by atoms with van der Waals surface area (Å²) in [5, 5.41) is 2.80. The first kappa shape index (κ1) is 20.6. The molecule has 1 unspecified atom stereocenters. The maximum atomic E-state index is 13.3. The minimum absolute atomic E-state index is 0.183. The lowest BCUT2D eigenvalue weighted by Crippen LogP contribution is -2.48. The predicted molar refractivity (Wildman–Crippen MR) is 114 cm³/mol. The van der Waals surface area contributed by atoms with Crippen LogP contribution in [0.3, 0.4) is 0 Å². The molecule has 0 spiro atoms. The number of likely N-dealkylation sites (N-methyl/N-ethyl adjacent to an activating group) is 1. The van der Waals surface area contributed by atoms with Crippen molar-refractivity contribution in [2.24, 2.45) is 0 Å². The van der Waals surface area contributed by atoms with Crippen LogP contribution in [0.2, 0.25) is 0 Å². The summed E-state index contributed by atoms with van der Waals surface area (Å²) in [5.74, 6) is -0.517. The van der Waals surface area contributed by atoms with Gasteiger partial charge in [-0.2, -0.15) is 4.31 Å². The van der Waals surface area contributed by atoms with E-state index in [2.05, 4.69) is 5.32 Å². The summed E-state index contributed by atoms with van der Waals surface area (Å²) in [6.07, 6.45) is 2.19. The summed E-state index contributed by atoms with van der Waals surface area (Å²) in [6, 6.07) is 12.9. The largest absolute Gasteiger partial charge is 0.355 e. The van der Waals surface area contributed by atoms with Crippen molar-refractivity contribution in [3.8, 4) is 0 Å². The molecule has 2 aromatic carbocycles. The Bertz CT molecular complexity index is 1060. The van der Waals surface area contributed by atoms with Crippen molar-refractivity contribution in [1.82, 2.24) is 9.62 Å². The van der Waals surface area contributed by atoms with Crippen LogP contribution < -0.4 is 10.2 Å². The van der Waals surface area contributed by atoms with Crippen LogP contribution >= 0.6 is 0 Å². The van der Waals surface area contributed by atoms with E-state index in [4.69, 9.17) is 0 Å². The summed E-state index contributed by atoms with van der Waals surface area (Å²) < 4.78 is 26.9. The smallest absolute Gasteiger partial charge is 0.259 e. The third-order valence-corrected chi connectivity index (χ3v) is 7.57. The average molecular weight is 428 g/mol. The fraction of sp³-hybridized carbons (Fsp3) is 0.364. The summed E-state index contributed by atoms with van der Waals surface area (Å²) >= 11 is 0. The fourth-order valence-electron chi connectivity index (χ4n) is 4.12. The number of para-hydroxylation sites is 1. The summed E-state index contributed by atoms with van der Waals surface area (Å²) in [5.41, 5.74) is 2.00. The Morgan fingerprint density at radius 3 is 2.37 bits per heavy atom. The number of amides is 2. The Hall–Kier alpha value is -2.71. The SMILES string of the molecule is CCNC(=O)C1Cc2ccccc2N1C(=O)c1ccc(S(=O)(=O)N2CCCC2)cc1. The van der Waals surface area contributed by atoms with Crippen molar-refractivity contribution >= 4 is 27.5 Å². The normalized spacial score (nSPS) is 19.0. The van der Waals surface area contributed by atoms with Gasteiger partial charge in [-0.05, 0) is 55.7 Å². The molecular formula is C22H25N3O4S. The molecule has 2 aliphatic heterocycles. The number of nitrogens with zero attached hydrogens (tertiary/aromatic N) is 2. The van der Waals surface area contributed by atoms with Crippen LogP contribution in [0.4, 0.5) is 5.69 Å². The molecular weight excluding hydrogens is 402 g/mol. The zero-order chi connectivity index (χ0) is 21.3. The van der Waals surface area contributed by atoms with Crippen molar-refractivity contribution in [3.05, 3.63) is 59.7 Å². The van der Waals surface area contributed by atoms with Crippen LogP contribution in [0.15, 0.2) is 53.4 Å². The van der Waals surface area contributed by atoms with Gasteiger partial charge >= 0.3 is 0 Å². The molecule has 1 fully saturated rings. The Balaban J connectivity index is 1.63. The van der Waals surface area contributed by atoms with Gasteiger partial charge in [0.15, 0.2) is 0 Å². The highest BCUT2D eigenvalue weighted by Gasteiger charge is 2.38. The average Bonchev–Trinajstić information content (AvgIpc) is 3.42. The third-order valence-electron chi connectivity index (χ3n) is 5.65. The van der Waals surface area contributed by atoms with Crippen molar-refractivity contribution in [2.45, 2.75) is 37.1 Å². The lowest BCUT2D eigenvalue weighted by Gasteiger charge is -2.25. The molecule has 8 heteroatoms. The van der Waals surface area contributed by atoms with Gasteiger partial charge < -0.3 is 5.32 Å². The Morgan fingerprint density at radius 1 is 1.03 bits per heavy atom. The minimum atomic E-state index is -3.54. The molecule has 0 aliphatic carbocycles. The number of carbonyl (C=O) groups is 2. The number of hydrogen-bond acceptors (Lipinski definition) is 4. The van der Waals surface area contributed by atoms with Gasteiger partial charge in [0, 0.05) is 37.3 Å². The van der Waals surface area contributed by atoms with Gasteiger partial charge in [-0.25, -0.2) is 8.42 Å². The van der Waals surface area contributed by atoms with Crippen LogP contribution in [0.5, 0.6) is 0 Å². The van der Waals surface area contributed by atoms with E-state index in [9.17, 15) is 18.0 Å². The fourth-order valence-corrected chi connectivity index (χ4v) is 5.64. The number of benzene rings is 2. The van der Waals surface area contributed by atoms with Crippen LogP contribution in [-0.4, -0.2) is 50.2 Å². The van der Waals surface area contributed by atoms with E-state index in [1.54, 1.807) is 0 Å². The molecule has 1 saturated heterocycles. The zero-order valence-electron chi connectivity index (χ0n) is 16.9. The summed E-state index contributed by atoms with van der Waals surface area (Å²) in [6.45, 7) is 3.38.